The molecule has 3 N–H and O–H groups in total. The van der Waals surface area contributed by atoms with Gasteiger partial charge in [-0.25, -0.2) is 0 Å². The van der Waals surface area contributed by atoms with Crippen molar-refractivity contribution < 1.29 is 19.5 Å². The highest BCUT2D eigenvalue weighted by Crippen LogP contribution is 2.28. The summed E-state index contributed by atoms with van der Waals surface area (Å²) in [6.07, 6.45) is 2.98. The second-order valence-electron chi connectivity index (χ2n) is 8.54. The van der Waals surface area contributed by atoms with Crippen molar-refractivity contribution in [3.05, 3.63) is 83.9 Å². The van der Waals surface area contributed by atoms with Gasteiger partial charge in [0.1, 0.15) is 6.04 Å². The van der Waals surface area contributed by atoms with Crippen molar-refractivity contribution in [1.29, 1.82) is 0 Å². The standard InChI is InChI=1S/C28H32N2O4/c1-29-28(34)25(18-20-10-4-2-5-11-20)30-27(33)23(19-26(31)32)14-9-8-13-22-17-16-21-12-6-3-7-15-24(21)22/h2-7,10-12,15-17,23,25H,8-9,13-14,18-19H2,1H3,(H,29,34)(H,30,33)(H,31,32)/t23-,25+/m1/s1. The van der Waals surface area contributed by atoms with Crippen LogP contribution >= 0.6 is 0 Å². The van der Waals surface area contributed by atoms with Crippen molar-refractivity contribution in [3.8, 4) is 11.1 Å². The number of carbonyl (C=O) groups is 3. The number of carboxylic acids is 1. The average Bonchev–Trinajstić information content (AvgIpc) is 3.05. The molecule has 0 saturated carbocycles. The van der Waals surface area contributed by atoms with Crippen molar-refractivity contribution in [3.63, 3.8) is 0 Å². The van der Waals surface area contributed by atoms with Gasteiger partial charge in [0.15, 0.2) is 0 Å². The molecular weight excluding hydrogens is 428 g/mol. The minimum atomic E-state index is -1.02. The Morgan fingerprint density at radius 3 is 2.26 bits per heavy atom. The van der Waals surface area contributed by atoms with Gasteiger partial charge in [0.25, 0.3) is 0 Å². The summed E-state index contributed by atoms with van der Waals surface area (Å²) in [6, 6.07) is 23.1. The molecule has 6 heteroatoms. The fourth-order valence-corrected chi connectivity index (χ4v) is 4.26. The molecule has 178 valence electrons. The summed E-state index contributed by atoms with van der Waals surface area (Å²) in [7, 11) is 1.52. The Kier molecular flexibility index (Phi) is 9.21. The highest BCUT2D eigenvalue weighted by atomic mass is 16.4. The minimum absolute atomic E-state index is 0.257. The van der Waals surface area contributed by atoms with Crippen molar-refractivity contribution in [2.75, 3.05) is 7.05 Å². The Bertz CT molecular complexity index is 1070. The summed E-state index contributed by atoms with van der Waals surface area (Å²) in [5.41, 5.74) is 4.59. The number of benzene rings is 1. The van der Waals surface area contributed by atoms with Crippen LogP contribution in [0.4, 0.5) is 0 Å². The minimum Gasteiger partial charge on any atom is -0.481 e. The lowest BCUT2D eigenvalue weighted by molar-refractivity contribution is -0.141. The number of hydrogen-bond donors (Lipinski definition) is 3. The molecule has 34 heavy (non-hydrogen) atoms. The zero-order valence-electron chi connectivity index (χ0n) is 19.5. The largest absolute Gasteiger partial charge is 0.481 e. The predicted molar refractivity (Wildman–Crippen MR) is 133 cm³/mol. The number of likely N-dealkylation sites (N-methyl/N-ethyl adjacent to an activating group) is 1. The predicted octanol–water partition coefficient (Wildman–Crippen LogP) is 4.07. The number of hydrogen-bond acceptors (Lipinski definition) is 3. The van der Waals surface area contributed by atoms with Gasteiger partial charge in [-0.2, -0.15) is 0 Å². The van der Waals surface area contributed by atoms with Gasteiger partial charge in [-0.05, 0) is 41.5 Å². The molecular formula is C28H32N2O4. The number of aliphatic carboxylic acids is 1. The number of rotatable bonds is 12. The van der Waals surface area contributed by atoms with Crippen molar-refractivity contribution in [1.82, 2.24) is 10.6 Å². The third-order valence-electron chi connectivity index (χ3n) is 6.08. The van der Waals surface area contributed by atoms with Crippen LogP contribution in [0.1, 0.15) is 36.8 Å². The fourth-order valence-electron chi connectivity index (χ4n) is 4.26. The molecule has 0 aromatic heterocycles. The molecule has 0 unspecified atom stereocenters. The molecule has 0 aliphatic heterocycles. The normalized spacial score (nSPS) is 12.6. The first kappa shape index (κ1) is 25.0. The van der Waals surface area contributed by atoms with E-state index in [0.717, 1.165) is 24.8 Å². The smallest absolute Gasteiger partial charge is 0.304 e. The first-order chi connectivity index (χ1) is 16.5. The van der Waals surface area contributed by atoms with Gasteiger partial charge >= 0.3 is 5.97 Å². The number of aryl methyl sites for hydroxylation is 1. The lowest BCUT2D eigenvalue weighted by Crippen LogP contribution is -2.49. The number of nitrogens with one attached hydrogen (secondary N) is 2. The van der Waals surface area contributed by atoms with Gasteiger partial charge in [-0.3, -0.25) is 14.4 Å². The number of carboxylic acid groups (broad SMARTS) is 1. The summed E-state index contributed by atoms with van der Waals surface area (Å²) >= 11 is 0. The van der Waals surface area contributed by atoms with Crippen LogP contribution in [-0.4, -0.2) is 36.0 Å². The first-order valence-electron chi connectivity index (χ1n) is 11.7. The van der Waals surface area contributed by atoms with E-state index in [4.69, 9.17) is 0 Å². The van der Waals surface area contributed by atoms with E-state index >= 15 is 0 Å². The summed E-state index contributed by atoms with van der Waals surface area (Å²) in [5.74, 6) is -2.40. The molecule has 0 fully saturated rings. The van der Waals surface area contributed by atoms with Gasteiger partial charge < -0.3 is 15.7 Å². The Hall–Kier alpha value is -3.67. The molecule has 0 heterocycles. The SMILES string of the molecule is CNC(=O)[C@H](Cc1ccccc1)NC(=O)[C@H](CCCCc1ccc2cccccc1-2)CC(=O)O. The summed E-state index contributed by atoms with van der Waals surface area (Å²) in [5, 5.41) is 14.7. The van der Waals surface area contributed by atoms with Gasteiger partial charge in [0.2, 0.25) is 11.8 Å². The van der Waals surface area contributed by atoms with E-state index in [1.807, 2.05) is 48.5 Å². The van der Waals surface area contributed by atoms with Crippen LogP contribution in [0.5, 0.6) is 0 Å². The average molecular weight is 461 g/mol. The monoisotopic (exact) mass is 460 g/mol. The highest BCUT2D eigenvalue weighted by Gasteiger charge is 2.26. The molecule has 2 atom stereocenters. The summed E-state index contributed by atoms with van der Waals surface area (Å²) in [4.78, 5) is 36.8. The van der Waals surface area contributed by atoms with Crippen LogP contribution in [0.3, 0.4) is 0 Å². The molecule has 0 radical (unpaired) electrons. The Balaban J connectivity index is 1.58. The lowest BCUT2D eigenvalue weighted by Gasteiger charge is -2.21. The number of amides is 2. The van der Waals surface area contributed by atoms with E-state index in [2.05, 4.69) is 34.9 Å². The van der Waals surface area contributed by atoms with Crippen molar-refractivity contribution in [2.24, 2.45) is 5.92 Å². The molecule has 3 rings (SSSR count). The molecule has 6 nitrogen and oxygen atoms in total. The van der Waals surface area contributed by atoms with E-state index in [-0.39, 0.29) is 12.3 Å². The number of unbranched alkanes of at least 4 members (excludes halogenated alkanes) is 1. The van der Waals surface area contributed by atoms with Crippen LogP contribution in [0.25, 0.3) is 11.1 Å². The maximum absolute atomic E-state index is 13.0. The van der Waals surface area contributed by atoms with Crippen molar-refractivity contribution >= 4 is 17.8 Å². The van der Waals surface area contributed by atoms with Crippen LogP contribution in [-0.2, 0) is 27.2 Å². The molecule has 0 saturated heterocycles. The third-order valence-corrected chi connectivity index (χ3v) is 6.08. The zero-order valence-corrected chi connectivity index (χ0v) is 19.5. The molecule has 0 spiro atoms. The maximum Gasteiger partial charge on any atom is 0.304 e. The second-order valence-corrected chi connectivity index (χ2v) is 8.54. The van der Waals surface area contributed by atoms with Gasteiger partial charge in [0, 0.05) is 19.4 Å². The molecule has 1 aromatic rings. The van der Waals surface area contributed by atoms with E-state index in [1.54, 1.807) is 0 Å². The number of fused-ring (bicyclic) bond motifs is 1. The first-order valence-corrected chi connectivity index (χ1v) is 11.7. The molecule has 2 aliphatic rings. The third kappa shape index (κ3) is 7.17. The second kappa shape index (κ2) is 12.5. The van der Waals surface area contributed by atoms with E-state index in [9.17, 15) is 19.5 Å². The number of carbonyl (C=O) groups excluding carboxylic acids is 2. The van der Waals surface area contributed by atoms with Crippen LogP contribution in [0, 0.1) is 5.92 Å². The molecule has 1 aromatic carbocycles. The maximum atomic E-state index is 13.0. The summed E-state index contributed by atoms with van der Waals surface area (Å²) in [6.45, 7) is 0. The van der Waals surface area contributed by atoms with E-state index in [0.29, 0.717) is 12.8 Å². The Labute approximate surface area is 200 Å². The Morgan fingerprint density at radius 1 is 0.853 bits per heavy atom. The topological polar surface area (TPSA) is 95.5 Å². The zero-order chi connectivity index (χ0) is 24.3. The van der Waals surface area contributed by atoms with Crippen LogP contribution in [0.2, 0.25) is 0 Å². The van der Waals surface area contributed by atoms with Crippen LogP contribution in [0.15, 0.2) is 72.8 Å². The highest BCUT2D eigenvalue weighted by molar-refractivity contribution is 5.90. The molecule has 0 bridgehead atoms. The van der Waals surface area contributed by atoms with E-state index in [1.165, 1.54) is 23.7 Å². The quantitative estimate of drug-likeness (QED) is 0.355. The van der Waals surface area contributed by atoms with Gasteiger partial charge in [-0.15, -0.1) is 0 Å². The fraction of sp³-hybridized carbons (Fsp3) is 0.321. The van der Waals surface area contributed by atoms with Gasteiger partial charge in [-0.1, -0.05) is 79.2 Å². The van der Waals surface area contributed by atoms with E-state index < -0.39 is 23.8 Å². The molecule has 2 aliphatic carbocycles. The molecule has 2 amide bonds. The van der Waals surface area contributed by atoms with Gasteiger partial charge in [0.05, 0.1) is 6.42 Å². The van der Waals surface area contributed by atoms with Crippen LogP contribution < -0.4 is 10.6 Å². The Morgan fingerprint density at radius 2 is 1.56 bits per heavy atom. The lowest BCUT2D eigenvalue weighted by atomic mass is 9.94. The van der Waals surface area contributed by atoms with Crippen molar-refractivity contribution in [2.45, 2.75) is 44.6 Å². The summed E-state index contributed by atoms with van der Waals surface area (Å²) < 4.78 is 0.